The van der Waals surface area contributed by atoms with Crippen molar-refractivity contribution in [1.82, 2.24) is 5.32 Å². The molecule has 1 aromatic heterocycles. The van der Waals surface area contributed by atoms with Gasteiger partial charge in [0, 0.05) is 30.1 Å². The molecule has 2 heterocycles. The number of benzene rings is 1. The van der Waals surface area contributed by atoms with Crippen LogP contribution in [0.25, 0.3) is 0 Å². The SMILES string of the molecule is NC1CCCCC1NC(=O)c1ccc2c(c1)NC(=O)CC(C1CCCCC1)N2C(=O)c1cccs1. The van der Waals surface area contributed by atoms with Gasteiger partial charge < -0.3 is 21.3 Å². The zero-order valence-corrected chi connectivity index (χ0v) is 20.8. The maximum atomic E-state index is 13.8. The fraction of sp³-hybridized carbons (Fsp3) is 0.519. The number of anilines is 2. The molecule has 3 amide bonds. The maximum absolute atomic E-state index is 13.8. The first-order valence-corrected chi connectivity index (χ1v) is 13.8. The number of carbonyl (C=O) groups excluding carboxylic acids is 3. The van der Waals surface area contributed by atoms with Gasteiger partial charge in [-0.1, -0.05) is 38.2 Å². The van der Waals surface area contributed by atoms with Gasteiger partial charge in [-0.2, -0.15) is 0 Å². The number of hydrogen-bond acceptors (Lipinski definition) is 5. The summed E-state index contributed by atoms with van der Waals surface area (Å²) in [4.78, 5) is 42.3. The van der Waals surface area contributed by atoms with Gasteiger partial charge in [0.05, 0.1) is 16.3 Å². The van der Waals surface area contributed by atoms with Crippen molar-refractivity contribution in [2.24, 2.45) is 11.7 Å². The van der Waals surface area contributed by atoms with Gasteiger partial charge in [0.15, 0.2) is 0 Å². The lowest BCUT2D eigenvalue weighted by Crippen LogP contribution is -2.49. The lowest BCUT2D eigenvalue weighted by Gasteiger charge is -2.37. The van der Waals surface area contributed by atoms with Crippen LogP contribution >= 0.6 is 11.3 Å². The quantitative estimate of drug-likeness (QED) is 0.574. The molecule has 1 aromatic carbocycles. The van der Waals surface area contributed by atoms with Crippen molar-refractivity contribution in [3.63, 3.8) is 0 Å². The molecule has 2 saturated carbocycles. The van der Waals surface area contributed by atoms with Crippen LogP contribution in [0.3, 0.4) is 0 Å². The highest BCUT2D eigenvalue weighted by Crippen LogP contribution is 2.40. The Hall–Kier alpha value is -2.71. The first-order valence-electron chi connectivity index (χ1n) is 12.9. The zero-order valence-electron chi connectivity index (χ0n) is 20.0. The summed E-state index contributed by atoms with van der Waals surface area (Å²) >= 11 is 1.41. The average Bonchev–Trinajstić information content (AvgIpc) is 3.36. The zero-order chi connectivity index (χ0) is 24.4. The summed E-state index contributed by atoms with van der Waals surface area (Å²) in [5, 5.41) is 7.97. The van der Waals surface area contributed by atoms with Crippen molar-refractivity contribution in [3.05, 3.63) is 46.2 Å². The van der Waals surface area contributed by atoms with Crippen molar-refractivity contribution in [1.29, 1.82) is 0 Å². The molecule has 0 spiro atoms. The molecule has 0 radical (unpaired) electrons. The Morgan fingerprint density at radius 3 is 2.54 bits per heavy atom. The van der Waals surface area contributed by atoms with Crippen LogP contribution in [0, 0.1) is 5.92 Å². The summed E-state index contributed by atoms with van der Waals surface area (Å²) in [5.74, 6) is -0.123. The van der Waals surface area contributed by atoms with Gasteiger partial charge in [-0.05, 0) is 61.2 Å². The normalized spacial score (nSPS) is 25.3. The number of carbonyl (C=O) groups is 3. The molecule has 35 heavy (non-hydrogen) atoms. The van der Waals surface area contributed by atoms with Crippen LogP contribution in [-0.2, 0) is 4.79 Å². The number of nitrogens with one attached hydrogen (secondary N) is 2. The van der Waals surface area contributed by atoms with E-state index in [1.54, 1.807) is 12.1 Å². The lowest BCUT2D eigenvalue weighted by atomic mass is 9.81. The van der Waals surface area contributed by atoms with Crippen LogP contribution in [0.1, 0.15) is 84.2 Å². The third-order valence-corrected chi connectivity index (χ3v) is 8.66. The number of hydrogen-bond donors (Lipinski definition) is 3. The third-order valence-electron chi connectivity index (χ3n) is 7.80. The average molecular weight is 495 g/mol. The Bertz CT molecular complexity index is 1080. The van der Waals surface area contributed by atoms with Crippen molar-refractivity contribution in [3.8, 4) is 0 Å². The van der Waals surface area contributed by atoms with Gasteiger partial charge in [-0.3, -0.25) is 14.4 Å². The van der Waals surface area contributed by atoms with Gasteiger partial charge in [0.25, 0.3) is 11.8 Å². The van der Waals surface area contributed by atoms with Crippen molar-refractivity contribution in [2.45, 2.75) is 82.3 Å². The topological polar surface area (TPSA) is 105 Å². The van der Waals surface area contributed by atoms with Gasteiger partial charge in [-0.25, -0.2) is 0 Å². The van der Waals surface area contributed by atoms with Gasteiger partial charge >= 0.3 is 0 Å². The highest BCUT2D eigenvalue weighted by Gasteiger charge is 2.38. The van der Waals surface area contributed by atoms with E-state index >= 15 is 0 Å². The molecule has 5 rings (SSSR count). The molecule has 2 aliphatic carbocycles. The molecule has 8 heteroatoms. The van der Waals surface area contributed by atoms with E-state index in [1.165, 1.54) is 17.8 Å². The van der Waals surface area contributed by atoms with E-state index < -0.39 is 0 Å². The molecule has 2 aromatic rings. The smallest absolute Gasteiger partial charge is 0.268 e. The third kappa shape index (κ3) is 5.14. The largest absolute Gasteiger partial charge is 0.348 e. The Morgan fingerprint density at radius 1 is 1.03 bits per heavy atom. The molecule has 1 aliphatic heterocycles. The number of fused-ring (bicyclic) bond motifs is 1. The molecule has 2 fully saturated rings. The summed E-state index contributed by atoms with van der Waals surface area (Å²) in [6.07, 6.45) is 9.68. The summed E-state index contributed by atoms with van der Waals surface area (Å²) in [6.45, 7) is 0. The fourth-order valence-electron chi connectivity index (χ4n) is 5.91. The monoisotopic (exact) mass is 494 g/mol. The molecule has 186 valence electrons. The van der Waals surface area contributed by atoms with E-state index in [1.807, 2.05) is 28.5 Å². The molecule has 4 N–H and O–H groups in total. The molecule has 0 bridgehead atoms. The van der Waals surface area contributed by atoms with Crippen LogP contribution in [0.4, 0.5) is 11.4 Å². The van der Waals surface area contributed by atoms with Gasteiger partial charge in [0.2, 0.25) is 5.91 Å². The second-order valence-electron chi connectivity index (χ2n) is 10.1. The minimum absolute atomic E-state index is 0.0385. The molecular weight excluding hydrogens is 460 g/mol. The molecule has 3 aliphatic rings. The van der Waals surface area contributed by atoms with E-state index in [0.717, 1.165) is 51.4 Å². The van der Waals surface area contributed by atoms with Crippen LogP contribution in [0.15, 0.2) is 35.7 Å². The molecule has 3 atom stereocenters. The standard InChI is InChI=1S/C27H34N4O3S/c28-19-9-4-5-10-20(19)30-26(33)18-12-13-22-21(15-18)29-25(32)16-23(17-7-2-1-3-8-17)31(22)27(34)24-11-6-14-35-24/h6,11-15,17,19-20,23H,1-5,7-10,16,28H2,(H,29,32)(H,30,33). The summed E-state index contributed by atoms with van der Waals surface area (Å²) < 4.78 is 0. The second-order valence-corrected chi connectivity index (χ2v) is 11.1. The van der Waals surface area contributed by atoms with E-state index in [-0.39, 0.29) is 48.2 Å². The Morgan fingerprint density at radius 2 is 1.80 bits per heavy atom. The second kappa shape index (κ2) is 10.5. The van der Waals surface area contributed by atoms with Gasteiger partial charge in [0.1, 0.15) is 0 Å². The van der Waals surface area contributed by atoms with Crippen LogP contribution < -0.4 is 21.3 Å². The van der Waals surface area contributed by atoms with E-state index in [0.29, 0.717) is 21.8 Å². The minimum Gasteiger partial charge on any atom is -0.348 e. The van der Waals surface area contributed by atoms with Crippen LogP contribution in [0.2, 0.25) is 0 Å². The van der Waals surface area contributed by atoms with Crippen molar-refractivity contribution < 1.29 is 14.4 Å². The Labute approximate surface area is 210 Å². The Balaban J connectivity index is 1.48. The summed E-state index contributed by atoms with van der Waals surface area (Å²) in [6, 6.07) is 8.70. The summed E-state index contributed by atoms with van der Waals surface area (Å²) in [7, 11) is 0. The number of nitrogens with two attached hydrogens (primary N) is 1. The predicted octanol–water partition coefficient (Wildman–Crippen LogP) is 4.69. The van der Waals surface area contributed by atoms with Crippen LogP contribution in [-0.4, -0.2) is 35.8 Å². The molecule has 3 unspecified atom stereocenters. The number of amides is 3. The fourth-order valence-corrected chi connectivity index (χ4v) is 6.57. The van der Waals surface area contributed by atoms with E-state index in [9.17, 15) is 14.4 Å². The lowest BCUT2D eigenvalue weighted by molar-refractivity contribution is -0.116. The predicted molar refractivity (Wildman–Crippen MR) is 139 cm³/mol. The summed E-state index contributed by atoms with van der Waals surface area (Å²) in [5.41, 5.74) is 7.86. The van der Waals surface area contributed by atoms with E-state index in [2.05, 4.69) is 10.6 Å². The van der Waals surface area contributed by atoms with E-state index in [4.69, 9.17) is 5.73 Å². The number of thiophene rings is 1. The van der Waals surface area contributed by atoms with Crippen LogP contribution in [0.5, 0.6) is 0 Å². The van der Waals surface area contributed by atoms with Gasteiger partial charge in [-0.15, -0.1) is 11.3 Å². The number of rotatable bonds is 4. The highest BCUT2D eigenvalue weighted by molar-refractivity contribution is 7.12. The first kappa shape index (κ1) is 24.0. The number of nitrogens with zero attached hydrogens (tertiary/aromatic N) is 1. The maximum Gasteiger partial charge on any atom is 0.268 e. The Kier molecular flexibility index (Phi) is 7.20. The minimum atomic E-state index is -0.203. The molecule has 0 saturated heterocycles. The first-order chi connectivity index (χ1) is 17.0. The highest BCUT2D eigenvalue weighted by atomic mass is 32.1. The van der Waals surface area contributed by atoms with Crippen molar-refractivity contribution >= 4 is 40.4 Å². The van der Waals surface area contributed by atoms with Crippen molar-refractivity contribution in [2.75, 3.05) is 10.2 Å². The molecular formula is C27H34N4O3S. The molecule has 7 nitrogen and oxygen atoms in total.